The number of aromatic hydroxyl groups is 1. The molecule has 20 heavy (non-hydrogen) atoms. The summed E-state index contributed by atoms with van der Waals surface area (Å²) in [6.45, 7) is 3.80. The highest BCUT2D eigenvalue weighted by Crippen LogP contribution is 2.30. The second kappa shape index (κ2) is 6.66. The van der Waals surface area contributed by atoms with Gasteiger partial charge in [0.2, 0.25) is 0 Å². The molecular formula is C17H19NO2. The number of rotatable bonds is 6. The lowest BCUT2D eigenvalue weighted by molar-refractivity contribution is 0.414. The van der Waals surface area contributed by atoms with Crippen LogP contribution in [0.2, 0.25) is 0 Å². The summed E-state index contributed by atoms with van der Waals surface area (Å²) in [6, 6.07) is 15.1. The first-order valence-electron chi connectivity index (χ1n) is 6.54. The van der Waals surface area contributed by atoms with Gasteiger partial charge in [-0.15, -0.1) is 6.58 Å². The highest BCUT2D eigenvalue weighted by atomic mass is 16.5. The standard InChI is InChI=1S/C17H19NO2/c1-3-7-15(13-8-6-9-14(12-13)20-2)18-16-10-4-5-11-17(16)19/h3-6,8-12,15,18-19H,1,7H2,2H3. The van der Waals surface area contributed by atoms with Gasteiger partial charge in [-0.05, 0) is 36.2 Å². The van der Waals surface area contributed by atoms with Gasteiger partial charge in [0.1, 0.15) is 11.5 Å². The van der Waals surface area contributed by atoms with Crippen molar-refractivity contribution in [2.45, 2.75) is 12.5 Å². The Balaban J connectivity index is 2.26. The van der Waals surface area contributed by atoms with E-state index in [1.807, 2.05) is 42.5 Å². The summed E-state index contributed by atoms with van der Waals surface area (Å²) in [5.41, 5.74) is 1.80. The van der Waals surface area contributed by atoms with Gasteiger partial charge in [-0.25, -0.2) is 0 Å². The molecule has 0 saturated heterocycles. The van der Waals surface area contributed by atoms with Crippen LogP contribution in [0.15, 0.2) is 61.2 Å². The number of benzene rings is 2. The third-order valence-corrected chi connectivity index (χ3v) is 3.13. The summed E-state index contributed by atoms with van der Waals surface area (Å²) in [5, 5.41) is 13.2. The number of phenolic OH excluding ortho intramolecular Hbond substituents is 1. The van der Waals surface area contributed by atoms with Gasteiger partial charge in [0, 0.05) is 0 Å². The molecule has 0 bridgehead atoms. The molecule has 0 radical (unpaired) electrons. The number of methoxy groups -OCH3 is 1. The zero-order valence-corrected chi connectivity index (χ0v) is 11.5. The van der Waals surface area contributed by atoms with Gasteiger partial charge in [-0.2, -0.15) is 0 Å². The number of para-hydroxylation sites is 2. The molecule has 2 rings (SSSR count). The lowest BCUT2D eigenvalue weighted by Crippen LogP contribution is -2.10. The molecule has 0 saturated carbocycles. The van der Waals surface area contributed by atoms with Crippen LogP contribution in [0, 0.1) is 0 Å². The maximum atomic E-state index is 9.86. The number of hydrogen-bond acceptors (Lipinski definition) is 3. The van der Waals surface area contributed by atoms with E-state index in [9.17, 15) is 5.11 Å². The monoisotopic (exact) mass is 269 g/mol. The van der Waals surface area contributed by atoms with E-state index >= 15 is 0 Å². The minimum absolute atomic E-state index is 0.0379. The Morgan fingerprint density at radius 1 is 1.25 bits per heavy atom. The molecule has 104 valence electrons. The van der Waals surface area contributed by atoms with Crippen LogP contribution in [0.3, 0.4) is 0 Å². The molecule has 0 aliphatic carbocycles. The first-order chi connectivity index (χ1) is 9.74. The molecule has 0 aliphatic heterocycles. The lowest BCUT2D eigenvalue weighted by atomic mass is 10.0. The number of anilines is 1. The van der Waals surface area contributed by atoms with Crippen LogP contribution < -0.4 is 10.1 Å². The van der Waals surface area contributed by atoms with Crippen LogP contribution >= 0.6 is 0 Å². The van der Waals surface area contributed by atoms with E-state index in [4.69, 9.17) is 4.74 Å². The van der Waals surface area contributed by atoms with E-state index in [1.165, 1.54) is 0 Å². The molecule has 0 fully saturated rings. The zero-order valence-electron chi connectivity index (χ0n) is 11.5. The third-order valence-electron chi connectivity index (χ3n) is 3.13. The fraction of sp³-hybridized carbons (Fsp3) is 0.176. The second-order valence-corrected chi connectivity index (χ2v) is 4.52. The van der Waals surface area contributed by atoms with Crippen LogP contribution in [0.4, 0.5) is 5.69 Å². The van der Waals surface area contributed by atoms with Crippen LogP contribution in [-0.4, -0.2) is 12.2 Å². The number of nitrogens with one attached hydrogen (secondary N) is 1. The first kappa shape index (κ1) is 14.0. The number of phenols is 1. The van der Waals surface area contributed by atoms with Gasteiger partial charge in [0.25, 0.3) is 0 Å². The van der Waals surface area contributed by atoms with Crippen molar-refractivity contribution in [3.63, 3.8) is 0 Å². The summed E-state index contributed by atoms with van der Waals surface area (Å²) in [5.74, 6) is 1.06. The third kappa shape index (κ3) is 3.32. The van der Waals surface area contributed by atoms with Crippen molar-refractivity contribution in [3.05, 3.63) is 66.7 Å². The largest absolute Gasteiger partial charge is 0.506 e. The van der Waals surface area contributed by atoms with E-state index in [0.717, 1.165) is 17.7 Å². The predicted octanol–water partition coefficient (Wildman–Crippen LogP) is 4.13. The Hall–Kier alpha value is -2.42. The van der Waals surface area contributed by atoms with Crippen LogP contribution in [-0.2, 0) is 0 Å². The van der Waals surface area contributed by atoms with E-state index < -0.39 is 0 Å². The fourth-order valence-electron chi connectivity index (χ4n) is 2.09. The molecule has 1 unspecified atom stereocenters. The topological polar surface area (TPSA) is 41.5 Å². The maximum Gasteiger partial charge on any atom is 0.138 e. The molecule has 2 aromatic carbocycles. The minimum atomic E-state index is 0.0379. The Morgan fingerprint density at radius 3 is 2.75 bits per heavy atom. The van der Waals surface area contributed by atoms with Crippen LogP contribution in [0.5, 0.6) is 11.5 Å². The normalized spacial score (nSPS) is 11.7. The second-order valence-electron chi connectivity index (χ2n) is 4.52. The zero-order chi connectivity index (χ0) is 14.4. The average Bonchev–Trinajstić information content (AvgIpc) is 2.49. The first-order valence-corrected chi connectivity index (χ1v) is 6.54. The van der Waals surface area contributed by atoms with E-state index in [0.29, 0.717) is 5.69 Å². The SMILES string of the molecule is C=CCC(Nc1ccccc1O)c1cccc(OC)c1. The number of hydrogen-bond donors (Lipinski definition) is 2. The van der Waals surface area contributed by atoms with Crippen molar-refractivity contribution in [1.29, 1.82) is 0 Å². The maximum absolute atomic E-state index is 9.86. The van der Waals surface area contributed by atoms with E-state index in [-0.39, 0.29) is 11.8 Å². The minimum Gasteiger partial charge on any atom is -0.506 e. The Labute approximate surface area is 119 Å². The van der Waals surface area contributed by atoms with Gasteiger partial charge in [0.15, 0.2) is 0 Å². The van der Waals surface area contributed by atoms with E-state index in [1.54, 1.807) is 19.2 Å². The smallest absolute Gasteiger partial charge is 0.138 e. The van der Waals surface area contributed by atoms with E-state index in [2.05, 4.69) is 11.9 Å². The molecule has 0 aromatic heterocycles. The van der Waals surface area contributed by atoms with Crippen molar-refractivity contribution < 1.29 is 9.84 Å². The molecule has 0 aliphatic rings. The molecule has 1 atom stereocenters. The predicted molar refractivity (Wildman–Crippen MR) is 82.3 cm³/mol. The molecule has 3 nitrogen and oxygen atoms in total. The van der Waals surface area contributed by atoms with Crippen molar-refractivity contribution in [1.82, 2.24) is 0 Å². The number of ether oxygens (including phenoxy) is 1. The molecular weight excluding hydrogens is 250 g/mol. The molecule has 3 heteroatoms. The Bertz CT molecular complexity index is 581. The van der Waals surface area contributed by atoms with Gasteiger partial charge in [-0.1, -0.05) is 30.3 Å². The van der Waals surface area contributed by atoms with Gasteiger partial charge in [-0.3, -0.25) is 0 Å². The van der Waals surface area contributed by atoms with Gasteiger partial charge < -0.3 is 15.2 Å². The quantitative estimate of drug-likeness (QED) is 0.612. The van der Waals surface area contributed by atoms with Gasteiger partial charge in [0.05, 0.1) is 18.8 Å². The highest BCUT2D eigenvalue weighted by molar-refractivity contribution is 5.56. The molecule has 0 amide bonds. The lowest BCUT2D eigenvalue weighted by Gasteiger charge is -2.20. The fourth-order valence-corrected chi connectivity index (χ4v) is 2.09. The van der Waals surface area contributed by atoms with Crippen molar-refractivity contribution in [2.75, 3.05) is 12.4 Å². The summed E-state index contributed by atoms with van der Waals surface area (Å²) in [6.07, 6.45) is 2.61. The molecule has 0 heterocycles. The summed E-state index contributed by atoms with van der Waals surface area (Å²) in [7, 11) is 1.65. The summed E-state index contributed by atoms with van der Waals surface area (Å²) < 4.78 is 5.25. The molecule has 0 spiro atoms. The van der Waals surface area contributed by atoms with Crippen LogP contribution in [0.1, 0.15) is 18.0 Å². The molecule has 2 N–H and O–H groups in total. The molecule has 2 aromatic rings. The summed E-state index contributed by atoms with van der Waals surface area (Å²) in [4.78, 5) is 0. The highest BCUT2D eigenvalue weighted by Gasteiger charge is 2.12. The van der Waals surface area contributed by atoms with Crippen molar-refractivity contribution >= 4 is 5.69 Å². The Kier molecular flexibility index (Phi) is 4.66. The van der Waals surface area contributed by atoms with Crippen molar-refractivity contribution in [2.24, 2.45) is 0 Å². The van der Waals surface area contributed by atoms with Crippen LogP contribution in [0.25, 0.3) is 0 Å². The van der Waals surface area contributed by atoms with Gasteiger partial charge >= 0.3 is 0 Å². The van der Waals surface area contributed by atoms with Crippen molar-refractivity contribution in [3.8, 4) is 11.5 Å². The average molecular weight is 269 g/mol. The Morgan fingerprint density at radius 2 is 2.05 bits per heavy atom. The summed E-state index contributed by atoms with van der Waals surface area (Å²) >= 11 is 0.